The van der Waals surface area contributed by atoms with E-state index in [9.17, 15) is 4.79 Å². The maximum absolute atomic E-state index is 12.3. The largest absolute Gasteiger partial charge is 0.493 e. The Bertz CT molecular complexity index is 555. The third-order valence-corrected chi connectivity index (χ3v) is 5.20. The van der Waals surface area contributed by atoms with Crippen molar-refractivity contribution in [1.82, 2.24) is 9.80 Å². The maximum Gasteiger partial charge on any atom is 0.233 e. The van der Waals surface area contributed by atoms with Crippen molar-refractivity contribution in [2.45, 2.75) is 11.8 Å². The van der Waals surface area contributed by atoms with Gasteiger partial charge >= 0.3 is 0 Å². The number of nitrogens with zero attached hydrogens (tertiary/aromatic N) is 2. The van der Waals surface area contributed by atoms with E-state index in [0.717, 1.165) is 25.1 Å². The van der Waals surface area contributed by atoms with Crippen LogP contribution in [0.1, 0.15) is 17.4 Å². The van der Waals surface area contributed by atoms with Gasteiger partial charge in [0.05, 0.1) is 27.1 Å². The first kappa shape index (κ1) is 18.7. The van der Waals surface area contributed by atoms with Gasteiger partial charge in [-0.25, -0.2) is 0 Å². The number of methoxy groups -OCH3 is 3. The van der Waals surface area contributed by atoms with Gasteiger partial charge in [0.15, 0.2) is 11.5 Å². The van der Waals surface area contributed by atoms with Crippen molar-refractivity contribution < 1.29 is 19.0 Å². The van der Waals surface area contributed by atoms with Gasteiger partial charge in [0.25, 0.3) is 0 Å². The van der Waals surface area contributed by atoms with E-state index in [4.69, 9.17) is 14.2 Å². The average Bonchev–Trinajstić information content (AvgIpc) is 2.94. The second kappa shape index (κ2) is 8.48. The molecule has 1 aliphatic rings. The van der Waals surface area contributed by atoms with Crippen LogP contribution in [0, 0.1) is 0 Å². The van der Waals surface area contributed by atoms with Crippen LogP contribution in [0.5, 0.6) is 17.2 Å². The average molecular weight is 354 g/mol. The number of benzene rings is 1. The van der Waals surface area contributed by atoms with E-state index >= 15 is 0 Å². The van der Waals surface area contributed by atoms with E-state index < -0.39 is 0 Å². The Morgan fingerprint density at radius 3 is 2.29 bits per heavy atom. The second-order valence-electron chi connectivity index (χ2n) is 5.87. The standard InChI is InChI=1S/C17H26N2O4S/c1-18(2)7-6-8-19-15(20)11-24-17(19)12-9-13(21-3)16(23-5)14(10-12)22-4/h9-10,17H,6-8,11H2,1-5H3/t17-/m1/s1. The van der Waals surface area contributed by atoms with Gasteiger partial charge in [-0.1, -0.05) is 0 Å². The quantitative estimate of drug-likeness (QED) is 0.714. The molecule has 6 nitrogen and oxygen atoms in total. The van der Waals surface area contributed by atoms with Gasteiger partial charge in [-0.2, -0.15) is 0 Å². The molecule has 0 unspecified atom stereocenters. The first-order chi connectivity index (χ1) is 11.5. The van der Waals surface area contributed by atoms with Crippen LogP contribution < -0.4 is 14.2 Å². The first-order valence-electron chi connectivity index (χ1n) is 7.87. The number of hydrogen-bond acceptors (Lipinski definition) is 6. The highest BCUT2D eigenvalue weighted by molar-refractivity contribution is 8.00. The van der Waals surface area contributed by atoms with E-state index in [0.29, 0.717) is 23.0 Å². The molecular formula is C17H26N2O4S. The molecular weight excluding hydrogens is 328 g/mol. The summed E-state index contributed by atoms with van der Waals surface area (Å²) in [5, 5.41) is -0.0200. The molecule has 0 aromatic heterocycles. The summed E-state index contributed by atoms with van der Waals surface area (Å²) in [4.78, 5) is 16.3. The summed E-state index contributed by atoms with van der Waals surface area (Å²) in [6.45, 7) is 1.70. The van der Waals surface area contributed by atoms with Crippen LogP contribution in [0.4, 0.5) is 0 Å². The fourth-order valence-electron chi connectivity index (χ4n) is 2.77. The van der Waals surface area contributed by atoms with Crippen LogP contribution in [0.3, 0.4) is 0 Å². The number of rotatable bonds is 8. The van der Waals surface area contributed by atoms with Gasteiger partial charge in [0, 0.05) is 6.54 Å². The Balaban J connectivity index is 2.26. The van der Waals surface area contributed by atoms with Crippen molar-refractivity contribution >= 4 is 17.7 Å². The number of ether oxygens (including phenoxy) is 3. The van der Waals surface area contributed by atoms with Crippen molar-refractivity contribution in [3.8, 4) is 17.2 Å². The van der Waals surface area contributed by atoms with E-state index in [2.05, 4.69) is 4.90 Å². The van der Waals surface area contributed by atoms with Gasteiger partial charge in [0.1, 0.15) is 5.37 Å². The molecule has 1 saturated heterocycles. The zero-order valence-electron chi connectivity index (χ0n) is 15.0. The van der Waals surface area contributed by atoms with Gasteiger partial charge in [0.2, 0.25) is 11.7 Å². The van der Waals surface area contributed by atoms with Crippen LogP contribution in [0.15, 0.2) is 12.1 Å². The lowest BCUT2D eigenvalue weighted by Gasteiger charge is -2.26. The maximum atomic E-state index is 12.3. The van der Waals surface area contributed by atoms with E-state index in [1.807, 2.05) is 31.1 Å². The Morgan fingerprint density at radius 2 is 1.79 bits per heavy atom. The van der Waals surface area contributed by atoms with Gasteiger partial charge in [-0.3, -0.25) is 4.79 Å². The highest BCUT2D eigenvalue weighted by atomic mass is 32.2. The number of amides is 1. The summed E-state index contributed by atoms with van der Waals surface area (Å²) in [6, 6.07) is 3.85. The lowest BCUT2D eigenvalue weighted by atomic mass is 10.1. The molecule has 134 valence electrons. The number of thioether (sulfide) groups is 1. The lowest BCUT2D eigenvalue weighted by Crippen LogP contribution is -2.31. The van der Waals surface area contributed by atoms with Gasteiger partial charge in [-0.05, 0) is 44.8 Å². The summed E-state index contributed by atoms with van der Waals surface area (Å²) < 4.78 is 16.2. The van der Waals surface area contributed by atoms with Crippen molar-refractivity contribution in [2.24, 2.45) is 0 Å². The Morgan fingerprint density at radius 1 is 1.17 bits per heavy atom. The van der Waals surface area contributed by atoms with E-state index in [-0.39, 0.29) is 11.3 Å². The second-order valence-corrected chi connectivity index (χ2v) is 6.93. The summed E-state index contributed by atoms with van der Waals surface area (Å²) >= 11 is 1.63. The summed E-state index contributed by atoms with van der Waals surface area (Å²) in [6.07, 6.45) is 0.945. The van der Waals surface area contributed by atoms with Crippen LogP contribution in [-0.2, 0) is 4.79 Å². The Hall–Kier alpha value is -1.60. The molecule has 1 fully saturated rings. The molecule has 1 atom stereocenters. The molecule has 0 bridgehead atoms. The minimum absolute atomic E-state index is 0.0200. The molecule has 1 amide bonds. The number of carbonyl (C=O) groups is 1. The SMILES string of the molecule is COc1cc([C@H]2SCC(=O)N2CCCN(C)C)cc(OC)c1OC. The molecule has 0 aliphatic carbocycles. The highest BCUT2D eigenvalue weighted by Gasteiger charge is 2.33. The number of hydrogen-bond donors (Lipinski definition) is 0. The molecule has 7 heteroatoms. The smallest absolute Gasteiger partial charge is 0.233 e. The summed E-state index contributed by atoms with van der Waals surface area (Å²) in [7, 11) is 8.86. The monoisotopic (exact) mass is 354 g/mol. The predicted molar refractivity (Wildman–Crippen MR) is 96.2 cm³/mol. The third kappa shape index (κ3) is 4.08. The molecule has 1 aromatic rings. The van der Waals surface area contributed by atoms with Crippen molar-refractivity contribution in [3.63, 3.8) is 0 Å². The van der Waals surface area contributed by atoms with Crippen LogP contribution in [0.25, 0.3) is 0 Å². The Kier molecular flexibility index (Phi) is 6.62. The zero-order valence-corrected chi connectivity index (χ0v) is 15.8. The highest BCUT2D eigenvalue weighted by Crippen LogP contribution is 2.45. The minimum Gasteiger partial charge on any atom is -0.493 e. The molecule has 2 rings (SSSR count). The summed E-state index contributed by atoms with van der Waals surface area (Å²) in [5.41, 5.74) is 0.991. The fourth-order valence-corrected chi connectivity index (χ4v) is 3.97. The van der Waals surface area contributed by atoms with Crippen molar-refractivity contribution in [2.75, 3.05) is 54.3 Å². The topological polar surface area (TPSA) is 51.2 Å². The molecule has 1 aromatic carbocycles. The molecule has 0 N–H and O–H groups in total. The molecule has 0 spiro atoms. The van der Waals surface area contributed by atoms with Crippen LogP contribution >= 0.6 is 11.8 Å². The fraction of sp³-hybridized carbons (Fsp3) is 0.588. The molecule has 1 heterocycles. The van der Waals surface area contributed by atoms with Crippen molar-refractivity contribution in [1.29, 1.82) is 0 Å². The van der Waals surface area contributed by atoms with E-state index in [1.54, 1.807) is 33.1 Å². The molecule has 1 aliphatic heterocycles. The minimum atomic E-state index is -0.0200. The lowest BCUT2D eigenvalue weighted by molar-refractivity contribution is -0.128. The van der Waals surface area contributed by atoms with Crippen molar-refractivity contribution in [3.05, 3.63) is 17.7 Å². The van der Waals surface area contributed by atoms with E-state index in [1.165, 1.54) is 0 Å². The number of carbonyl (C=O) groups excluding carboxylic acids is 1. The first-order valence-corrected chi connectivity index (χ1v) is 8.92. The molecule has 0 saturated carbocycles. The summed E-state index contributed by atoms with van der Waals surface area (Å²) in [5.74, 6) is 2.47. The zero-order chi connectivity index (χ0) is 17.7. The third-order valence-electron chi connectivity index (χ3n) is 3.94. The normalized spacial score (nSPS) is 17.5. The predicted octanol–water partition coefficient (Wildman–Crippen LogP) is 2.24. The van der Waals surface area contributed by atoms with Gasteiger partial charge < -0.3 is 24.0 Å². The molecule has 0 radical (unpaired) electrons. The molecule has 24 heavy (non-hydrogen) atoms. The van der Waals surface area contributed by atoms with Crippen LogP contribution in [-0.4, -0.2) is 70.0 Å². The van der Waals surface area contributed by atoms with Crippen LogP contribution in [0.2, 0.25) is 0 Å². The van der Waals surface area contributed by atoms with Gasteiger partial charge in [-0.15, -0.1) is 11.8 Å². The Labute approximate surface area is 148 Å².